The minimum Gasteiger partial charge on any atom is -0.435 e. The molecule has 0 bridgehead atoms. The molecule has 7 aromatic carbocycles. The zero-order valence-electron chi connectivity index (χ0n) is 27.2. The summed E-state index contributed by atoms with van der Waals surface area (Å²) < 4.78 is 8.98. The van der Waals surface area contributed by atoms with Gasteiger partial charge >= 0.3 is 0 Å². The summed E-state index contributed by atoms with van der Waals surface area (Å²) in [5.74, 6) is 0.626. The maximum Gasteiger partial charge on any atom is 0.227 e. The van der Waals surface area contributed by atoms with E-state index in [9.17, 15) is 0 Å². The van der Waals surface area contributed by atoms with Gasteiger partial charge in [0.1, 0.15) is 5.52 Å². The number of aromatic nitrogens is 1. The van der Waals surface area contributed by atoms with E-state index < -0.39 is 0 Å². The lowest BCUT2D eigenvalue weighted by molar-refractivity contribution is 0.623. The number of hydrogen-bond donors (Lipinski definition) is 0. The molecule has 0 aliphatic heterocycles. The number of hydrogen-bond acceptors (Lipinski definition) is 4. The Morgan fingerprint density at radius 3 is 1.47 bits per heavy atom. The van der Waals surface area contributed by atoms with Gasteiger partial charge in [-0.1, -0.05) is 102 Å². The predicted molar refractivity (Wildman–Crippen MR) is 207 cm³/mol. The molecule has 2 heterocycles. The van der Waals surface area contributed by atoms with Crippen LogP contribution in [-0.4, -0.2) is 4.98 Å². The van der Waals surface area contributed by atoms with E-state index in [2.05, 4.69) is 176 Å². The second-order valence-electron chi connectivity index (χ2n) is 12.6. The van der Waals surface area contributed by atoms with Gasteiger partial charge in [0.2, 0.25) is 5.89 Å². The van der Waals surface area contributed by atoms with Gasteiger partial charge in [0.05, 0.1) is 0 Å². The molecule has 0 saturated heterocycles. The number of rotatable bonds is 6. The SMILES string of the molecule is Cc1ccc(-c2ccc(N(c3ccc(-c4ccc(C)cc4)cc3)c3ccc(-c4nc5ccc6sc7ccccc7c6c5o4)cc3)cc2)cc1. The smallest absolute Gasteiger partial charge is 0.227 e. The molecule has 0 N–H and O–H groups in total. The first kappa shape index (κ1) is 29.2. The van der Waals surface area contributed by atoms with Gasteiger partial charge < -0.3 is 9.32 Å². The molecule has 9 rings (SSSR count). The fraction of sp³-hybridized carbons (Fsp3) is 0.0444. The monoisotopic (exact) mass is 648 g/mol. The van der Waals surface area contributed by atoms with Gasteiger partial charge in [0.15, 0.2) is 5.58 Å². The van der Waals surface area contributed by atoms with E-state index in [-0.39, 0.29) is 0 Å². The van der Waals surface area contributed by atoms with E-state index in [0.29, 0.717) is 5.89 Å². The normalized spacial score (nSPS) is 11.5. The van der Waals surface area contributed by atoms with Crippen LogP contribution in [0.25, 0.3) is 65.0 Å². The molecule has 0 unspecified atom stereocenters. The Balaban J connectivity index is 1.09. The summed E-state index contributed by atoms with van der Waals surface area (Å²) >= 11 is 1.79. The molecule has 0 aliphatic rings. The first-order chi connectivity index (χ1) is 24.1. The summed E-state index contributed by atoms with van der Waals surface area (Å²) in [5.41, 5.74) is 13.2. The lowest BCUT2D eigenvalue weighted by atomic mass is 10.0. The van der Waals surface area contributed by atoms with Crippen LogP contribution in [0.3, 0.4) is 0 Å². The van der Waals surface area contributed by atoms with Crippen LogP contribution < -0.4 is 4.90 Å². The standard InChI is InChI=1S/C45H32N2OS/c1-29-7-11-31(12-8-29)33-15-21-36(22-16-33)47(37-23-17-34(18-24-37)32-13-9-30(2)10-14-32)38-25-19-35(20-26-38)45-46-40-27-28-42-43(44(40)48-45)39-5-3-4-6-41(39)49-42/h3-28H,1-2H3. The first-order valence-corrected chi connectivity index (χ1v) is 17.3. The molecule has 0 saturated carbocycles. The molecule has 0 fully saturated rings. The third-order valence-corrected chi connectivity index (χ3v) is 10.4. The van der Waals surface area contributed by atoms with Crippen LogP contribution in [-0.2, 0) is 0 Å². The van der Waals surface area contributed by atoms with Crippen molar-refractivity contribution in [3.8, 4) is 33.7 Å². The Bertz CT molecular complexity index is 2490. The lowest BCUT2D eigenvalue weighted by Gasteiger charge is -2.26. The molecule has 0 aliphatic carbocycles. The molecule has 0 atom stereocenters. The fourth-order valence-corrected chi connectivity index (χ4v) is 7.72. The highest BCUT2D eigenvalue weighted by molar-refractivity contribution is 7.26. The molecule has 234 valence electrons. The zero-order chi connectivity index (χ0) is 32.9. The summed E-state index contributed by atoms with van der Waals surface area (Å²) in [6.45, 7) is 4.24. The van der Waals surface area contributed by atoms with Crippen LogP contribution in [0.5, 0.6) is 0 Å². The van der Waals surface area contributed by atoms with Crippen LogP contribution in [0, 0.1) is 13.8 Å². The Hall–Kier alpha value is -5.97. The summed E-state index contributed by atoms with van der Waals surface area (Å²) in [4.78, 5) is 7.22. The third kappa shape index (κ3) is 5.37. The Labute approximate surface area is 289 Å². The summed E-state index contributed by atoms with van der Waals surface area (Å²) in [5, 5.41) is 2.35. The van der Waals surface area contributed by atoms with Crippen LogP contribution in [0.4, 0.5) is 17.1 Å². The van der Waals surface area contributed by atoms with Crippen LogP contribution in [0.15, 0.2) is 162 Å². The Morgan fingerprint density at radius 1 is 0.469 bits per heavy atom. The highest BCUT2D eigenvalue weighted by Gasteiger charge is 2.17. The first-order valence-electron chi connectivity index (χ1n) is 16.5. The maximum atomic E-state index is 6.51. The van der Waals surface area contributed by atoms with Crippen LogP contribution >= 0.6 is 11.3 Å². The van der Waals surface area contributed by atoms with E-state index >= 15 is 0 Å². The molecular weight excluding hydrogens is 617 g/mol. The highest BCUT2D eigenvalue weighted by atomic mass is 32.1. The van der Waals surface area contributed by atoms with Gasteiger partial charge in [0, 0.05) is 42.8 Å². The Kier molecular flexibility index (Phi) is 7.10. The van der Waals surface area contributed by atoms with E-state index in [0.717, 1.165) is 39.1 Å². The Morgan fingerprint density at radius 2 is 0.939 bits per heavy atom. The number of nitrogens with zero attached hydrogens (tertiary/aromatic N) is 2. The minimum absolute atomic E-state index is 0.626. The molecular formula is C45H32N2OS. The topological polar surface area (TPSA) is 29.3 Å². The molecule has 9 aromatic rings. The maximum absolute atomic E-state index is 6.51. The van der Waals surface area contributed by atoms with E-state index in [1.807, 2.05) is 0 Å². The van der Waals surface area contributed by atoms with Gasteiger partial charge in [-0.3, -0.25) is 0 Å². The number of benzene rings is 7. The number of oxazole rings is 1. The zero-order valence-corrected chi connectivity index (χ0v) is 28.0. The average Bonchev–Trinajstić information content (AvgIpc) is 3.75. The van der Waals surface area contributed by atoms with Crippen molar-refractivity contribution in [3.63, 3.8) is 0 Å². The number of fused-ring (bicyclic) bond motifs is 5. The third-order valence-electron chi connectivity index (χ3n) is 9.29. The summed E-state index contributed by atoms with van der Waals surface area (Å²) in [6, 6.07) is 56.3. The molecule has 2 aromatic heterocycles. The second kappa shape index (κ2) is 11.9. The highest BCUT2D eigenvalue weighted by Crippen LogP contribution is 2.41. The van der Waals surface area contributed by atoms with Crippen molar-refractivity contribution in [1.82, 2.24) is 4.98 Å². The van der Waals surface area contributed by atoms with Gasteiger partial charge in [0.25, 0.3) is 0 Å². The molecule has 49 heavy (non-hydrogen) atoms. The van der Waals surface area contributed by atoms with Crippen LogP contribution in [0.2, 0.25) is 0 Å². The van der Waals surface area contributed by atoms with Crippen molar-refractivity contribution >= 4 is 59.7 Å². The van der Waals surface area contributed by atoms with Gasteiger partial charge in [-0.25, -0.2) is 4.98 Å². The minimum atomic E-state index is 0.626. The second-order valence-corrected chi connectivity index (χ2v) is 13.7. The molecule has 4 heteroatoms. The number of anilines is 3. The summed E-state index contributed by atoms with van der Waals surface area (Å²) in [6.07, 6.45) is 0. The molecule has 0 amide bonds. The molecule has 3 nitrogen and oxygen atoms in total. The van der Waals surface area contributed by atoms with E-state index in [1.54, 1.807) is 11.3 Å². The lowest BCUT2D eigenvalue weighted by Crippen LogP contribution is -2.09. The average molecular weight is 649 g/mol. The number of thiophene rings is 1. The van der Waals surface area contributed by atoms with Crippen LogP contribution in [0.1, 0.15) is 11.1 Å². The van der Waals surface area contributed by atoms with Crippen molar-refractivity contribution in [2.75, 3.05) is 4.90 Å². The predicted octanol–water partition coefficient (Wildman–Crippen LogP) is 13.3. The van der Waals surface area contributed by atoms with Gasteiger partial charge in [-0.15, -0.1) is 11.3 Å². The van der Waals surface area contributed by atoms with Gasteiger partial charge in [-0.2, -0.15) is 0 Å². The quantitative estimate of drug-likeness (QED) is 0.180. The fourth-order valence-electron chi connectivity index (χ4n) is 6.62. The van der Waals surface area contributed by atoms with E-state index in [1.165, 1.54) is 48.2 Å². The molecule has 0 spiro atoms. The van der Waals surface area contributed by atoms with E-state index in [4.69, 9.17) is 9.40 Å². The number of aryl methyl sites for hydroxylation is 2. The van der Waals surface area contributed by atoms with Gasteiger partial charge in [-0.05, 0) is 103 Å². The van der Waals surface area contributed by atoms with Crippen molar-refractivity contribution in [2.24, 2.45) is 0 Å². The van der Waals surface area contributed by atoms with Crippen molar-refractivity contribution in [3.05, 3.63) is 169 Å². The van der Waals surface area contributed by atoms with Crippen molar-refractivity contribution < 1.29 is 4.42 Å². The largest absolute Gasteiger partial charge is 0.435 e. The summed E-state index contributed by atoms with van der Waals surface area (Å²) in [7, 11) is 0. The van der Waals surface area contributed by atoms with Crippen molar-refractivity contribution in [1.29, 1.82) is 0 Å². The molecule has 0 radical (unpaired) electrons. The van der Waals surface area contributed by atoms with Crippen molar-refractivity contribution in [2.45, 2.75) is 13.8 Å².